The number of unbranched alkanes of at least 4 members (excludes halogenated alkanes) is 7. The lowest BCUT2D eigenvalue weighted by atomic mass is 9.84. The zero-order chi connectivity index (χ0) is 82.8. The molecule has 0 aliphatic carbocycles. The Hall–Kier alpha value is -8.94. The Kier molecular flexibility index (Phi) is 30.0. The number of phenols is 3. The number of fused-ring (bicyclic) bond motifs is 8. The van der Waals surface area contributed by atoms with Crippen LogP contribution in [-0.2, 0) is 52.6 Å². The fourth-order valence-electron chi connectivity index (χ4n) is 14.4. The number of halogens is 2. The maximum Gasteiger partial charge on any atom is 0.330 e. The van der Waals surface area contributed by atoms with Gasteiger partial charge in [0.15, 0.2) is 29.9 Å². The largest absolute Gasteiger partial charge is 0.508 e. The highest BCUT2D eigenvalue weighted by Crippen LogP contribution is 2.49. The van der Waals surface area contributed by atoms with Crippen molar-refractivity contribution < 1.29 is 118 Å². The van der Waals surface area contributed by atoms with E-state index in [1.54, 1.807) is 27.7 Å². The molecule has 7 amide bonds. The number of aliphatic hydroxyl groups is 6. The van der Waals surface area contributed by atoms with Crippen molar-refractivity contribution in [1.29, 1.82) is 0 Å². The van der Waals surface area contributed by atoms with Gasteiger partial charge in [-0.3, -0.25) is 33.6 Å². The van der Waals surface area contributed by atoms with Crippen LogP contribution < -0.4 is 62.5 Å². The summed E-state index contributed by atoms with van der Waals surface area (Å²) in [6, 6.07) is -3.99. The van der Waals surface area contributed by atoms with Crippen LogP contribution in [0, 0.1) is 11.8 Å². The number of carbonyl (C=O) groups is 8. The van der Waals surface area contributed by atoms with Gasteiger partial charge in [0.25, 0.3) is 0 Å². The van der Waals surface area contributed by atoms with Gasteiger partial charge in [-0.2, -0.15) is 0 Å². The maximum atomic E-state index is 16.2. The molecule has 33 nitrogen and oxygen atoms in total. The second-order valence-corrected chi connectivity index (χ2v) is 30.9. The number of phenolic OH excluding ortho intramolecular Hbond substituents is 3. The predicted molar refractivity (Wildman–Crippen MR) is 407 cm³/mol. The number of likely N-dealkylation sites (N-methyl/N-ethyl adjacent to an activating group) is 1. The first-order valence-corrected chi connectivity index (χ1v) is 38.4. The van der Waals surface area contributed by atoms with Crippen LogP contribution in [0.1, 0.15) is 173 Å². The Morgan fingerprint density at radius 3 is 2.01 bits per heavy atom. The summed E-state index contributed by atoms with van der Waals surface area (Å²) in [4.78, 5) is 118. The van der Waals surface area contributed by atoms with E-state index < -0.39 is 237 Å². The molecule has 6 heterocycles. The molecule has 618 valence electrons. The molecular weight excluding hydrogens is 1520 g/mol. The normalized spacial score (nSPS) is 29.2. The monoisotopic (exact) mass is 1620 g/mol. The van der Waals surface area contributed by atoms with Crippen molar-refractivity contribution in [1.82, 2.24) is 42.5 Å². The number of hydrogen-bond acceptors (Lipinski definition) is 25. The van der Waals surface area contributed by atoms with Crippen LogP contribution in [0.4, 0.5) is 0 Å². The quantitative estimate of drug-likeness (QED) is 0.0437. The van der Waals surface area contributed by atoms with E-state index in [1.165, 1.54) is 26.1 Å². The van der Waals surface area contributed by atoms with E-state index in [-0.39, 0.29) is 52.0 Å². The first-order valence-electron chi connectivity index (χ1n) is 37.7. The van der Waals surface area contributed by atoms with Gasteiger partial charge in [-0.15, -0.1) is 0 Å². The van der Waals surface area contributed by atoms with Gasteiger partial charge >= 0.3 is 5.97 Å². The number of aliphatic carboxylic acids is 1. The standard InChI is InChI=1S/C78H103Cl2N9O24/c1-10-11-12-13-14-15-16-17-22-83-78(8)32-56(109-37(7)69(78)99)112-68-66(98)65(97)54(33-90)111-77(68)113-67-52-26-40-27-53(67)110-51-21-19-39(25-46(51)80)63(95)61-75(105)87-60(76(106)107)44-28-41(91)29-50(93)57(44)43-24-38(18-20-49(43)92)58(72(102)89-61)86-73(103)59(40)85-71(101)48(31-55(81)94)84-74(104)62(88-70(100)47(82-9)23-34(2)3)64(96)42(35(4)5)30-45(79)36(6)108-52/h18-21,24-30,34-35,37,47-48,54,56,58-66,68-69,77,82-83,90-93,95-99H,10-17,22-23,31-33H2,1-9H3,(H2,81,94)(H,84,104)(H,85,101)(H,86,103)(H,87,105)(H,88,100)(H,89,102)(H,106,107)/b42-30+,45-36-/t37?,47-,48+,54-,56+,58-,59-,60+,61+,62-,63-,64-,65+,66?,68?,69+,77-,78-/m1/s1. The van der Waals surface area contributed by atoms with Crippen LogP contribution in [-0.4, -0.2) is 204 Å². The number of nitrogens with two attached hydrogens (primary N) is 1. The van der Waals surface area contributed by atoms with Crippen molar-refractivity contribution in [3.8, 4) is 51.4 Å². The third-order valence-electron chi connectivity index (χ3n) is 20.7. The lowest BCUT2D eigenvalue weighted by Gasteiger charge is -2.48. The summed E-state index contributed by atoms with van der Waals surface area (Å²) in [7, 11) is 1.49. The average Bonchev–Trinajstić information content (AvgIpc) is 0.749. The summed E-state index contributed by atoms with van der Waals surface area (Å²) >= 11 is 14.4. The van der Waals surface area contributed by atoms with Gasteiger partial charge in [0.2, 0.25) is 53.4 Å². The number of hydrogen-bond donors (Lipinski definition) is 19. The summed E-state index contributed by atoms with van der Waals surface area (Å²) in [5.74, 6) is -16.5. The minimum Gasteiger partial charge on any atom is -0.508 e. The summed E-state index contributed by atoms with van der Waals surface area (Å²) in [5.41, 5.74) is 2.06. The van der Waals surface area contributed by atoms with Crippen LogP contribution in [0.2, 0.25) is 5.02 Å². The lowest BCUT2D eigenvalue weighted by Crippen LogP contribution is -2.65. The van der Waals surface area contributed by atoms with Crippen LogP contribution in [0.25, 0.3) is 11.1 Å². The number of aromatic hydroxyl groups is 3. The third-order valence-corrected chi connectivity index (χ3v) is 21.3. The van der Waals surface area contributed by atoms with Crippen LogP contribution in [0.15, 0.2) is 83.1 Å². The highest BCUT2D eigenvalue weighted by molar-refractivity contribution is 6.32. The number of benzene rings is 4. The molecule has 113 heavy (non-hydrogen) atoms. The molecule has 35 heteroatoms. The van der Waals surface area contributed by atoms with Gasteiger partial charge < -0.3 is 128 Å². The van der Waals surface area contributed by atoms with Gasteiger partial charge in [-0.25, -0.2) is 4.79 Å². The molecule has 4 aromatic rings. The molecular formula is C78H103Cl2N9O24. The van der Waals surface area contributed by atoms with E-state index in [2.05, 4.69) is 49.5 Å². The van der Waals surface area contributed by atoms with Crippen molar-refractivity contribution in [2.75, 3.05) is 20.2 Å². The molecule has 0 spiro atoms. The zero-order valence-electron chi connectivity index (χ0n) is 64.0. The molecule has 6 aliphatic rings. The van der Waals surface area contributed by atoms with Crippen molar-refractivity contribution in [2.45, 2.75) is 235 Å². The maximum absolute atomic E-state index is 16.2. The molecule has 0 saturated carbocycles. The molecule has 9 bridgehead atoms. The molecule has 2 saturated heterocycles. The Morgan fingerprint density at radius 1 is 0.726 bits per heavy atom. The minimum absolute atomic E-state index is 0.0359. The highest BCUT2D eigenvalue weighted by atomic mass is 35.5. The van der Waals surface area contributed by atoms with Gasteiger partial charge in [0.05, 0.1) is 41.3 Å². The smallest absolute Gasteiger partial charge is 0.330 e. The fourth-order valence-corrected chi connectivity index (χ4v) is 14.8. The Labute approximate surface area is 662 Å². The van der Waals surface area contributed by atoms with E-state index in [9.17, 15) is 70.2 Å². The highest BCUT2D eigenvalue weighted by Gasteiger charge is 2.52. The Morgan fingerprint density at radius 2 is 1.37 bits per heavy atom. The first-order chi connectivity index (χ1) is 53.5. The van der Waals surface area contributed by atoms with Crippen LogP contribution in [0.3, 0.4) is 0 Å². The average molecular weight is 1620 g/mol. The number of nitrogens with one attached hydrogen (secondary N) is 8. The van der Waals surface area contributed by atoms with Crippen molar-refractivity contribution >= 4 is 70.5 Å². The molecule has 2 fully saturated rings. The molecule has 6 aliphatic heterocycles. The van der Waals surface area contributed by atoms with E-state index in [0.29, 0.717) is 6.54 Å². The zero-order valence-corrected chi connectivity index (χ0v) is 65.5. The number of carboxylic acid groups (broad SMARTS) is 1. The summed E-state index contributed by atoms with van der Waals surface area (Å²) in [6.07, 6.45) is -8.47. The van der Waals surface area contributed by atoms with E-state index in [1.807, 2.05) is 13.8 Å². The Bertz CT molecular complexity index is 4220. The first kappa shape index (κ1) is 88.0. The third kappa shape index (κ3) is 21.0. The summed E-state index contributed by atoms with van der Waals surface area (Å²) in [6.45, 7) is 13.3. The molecule has 4 aromatic carbocycles. The Balaban J connectivity index is 1.30. The van der Waals surface area contributed by atoms with Crippen molar-refractivity contribution in [3.63, 3.8) is 0 Å². The SMILES string of the molecule is CCCCCCCCCCN[C@]1(C)C[C@H](OC2C(O)[C@@H](O)[C@@H](CO)O[C@@H]2Oc2c3cc4cc2Oc2ccc(cc2Cl)[C@@H](O)[C@@H]2NC(=O)[C@H](NC(=O)[C@@H]4NC(=O)[C@H](CC(N)=O)NC(=O)[C@H](NC(=O)[C@@H](CC(C)C)NC)[C@H](O)/C(C(C)C)=C/C(Cl)=C(\C)O3)c3ccc(O)c(c3)-c3c(O)cc(O)cc3[C@@H](C(=O)O)NC2=O)OC(C)[C@@H]1O. The summed E-state index contributed by atoms with van der Waals surface area (Å²) in [5, 5.41) is 137. The fraction of sp³-hybridized carbons (Fsp3) is 0.538. The molecule has 18 atom stereocenters. The molecule has 0 aromatic heterocycles. The number of primary amides is 1. The van der Waals surface area contributed by atoms with Gasteiger partial charge in [-0.1, -0.05) is 115 Å². The van der Waals surface area contributed by atoms with Gasteiger partial charge in [-0.05, 0) is 130 Å². The molecule has 0 radical (unpaired) electrons. The van der Waals surface area contributed by atoms with Crippen molar-refractivity contribution in [3.05, 3.63) is 110 Å². The number of carbonyl (C=O) groups excluding carboxylic acids is 7. The summed E-state index contributed by atoms with van der Waals surface area (Å²) < 4.78 is 39.5. The molecule has 3 unspecified atom stereocenters. The number of amides is 7. The van der Waals surface area contributed by atoms with E-state index >= 15 is 19.2 Å². The number of allylic oxidation sites excluding steroid dienone is 3. The van der Waals surface area contributed by atoms with Crippen molar-refractivity contribution in [2.24, 2.45) is 17.6 Å². The lowest BCUT2D eigenvalue weighted by molar-refractivity contribution is -0.334. The predicted octanol–water partition coefficient (Wildman–Crippen LogP) is 4.19. The number of carboxylic acids is 1. The number of ether oxygens (including phenoxy) is 6. The van der Waals surface area contributed by atoms with Gasteiger partial charge in [0.1, 0.15) is 89.5 Å². The second kappa shape index (κ2) is 38.5. The van der Waals surface area contributed by atoms with Crippen LogP contribution >= 0.6 is 23.2 Å². The minimum atomic E-state index is -2.34. The molecule has 10 rings (SSSR count). The second-order valence-electron chi connectivity index (χ2n) is 30.0. The number of aliphatic hydroxyl groups excluding tert-OH is 6. The van der Waals surface area contributed by atoms with E-state index in [4.69, 9.17) is 57.4 Å². The van der Waals surface area contributed by atoms with E-state index in [0.717, 1.165) is 106 Å². The molecule has 20 N–H and O–H groups in total. The van der Waals surface area contributed by atoms with Crippen LogP contribution in [0.5, 0.6) is 40.2 Å². The number of rotatable bonds is 24. The topological polar surface area (TPSA) is 516 Å². The van der Waals surface area contributed by atoms with Gasteiger partial charge in [0, 0.05) is 34.7 Å².